The van der Waals surface area contributed by atoms with Crippen LogP contribution in [0.25, 0.3) is 0 Å². The van der Waals surface area contributed by atoms with Gasteiger partial charge in [0.2, 0.25) is 6.29 Å². The number of carbonyl (C=O) groups excluding carboxylic acids is 3. The Bertz CT molecular complexity index is 1880. The molecule has 0 saturated carbocycles. The lowest BCUT2D eigenvalue weighted by Crippen LogP contribution is -2.41. The van der Waals surface area contributed by atoms with Crippen LogP contribution in [0, 0.1) is 30.3 Å². The van der Waals surface area contributed by atoms with E-state index in [-0.39, 0.29) is 40.4 Å². The molecule has 5 rings (SSSR count). The molecule has 4 atom stereocenters. The van der Waals surface area contributed by atoms with Crippen molar-refractivity contribution < 1.29 is 52.8 Å². The Balaban J connectivity index is 1.42. The van der Waals surface area contributed by atoms with Crippen molar-refractivity contribution >= 4 is 35.0 Å². The first-order valence-corrected chi connectivity index (χ1v) is 14.6. The first kappa shape index (κ1) is 34.7. The molecule has 0 spiro atoms. The van der Waals surface area contributed by atoms with Crippen molar-refractivity contribution in [1.82, 2.24) is 0 Å². The van der Waals surface area contributed by atoms with Gasteiger partial charge in [0.15, 0.2) is 12.2 Å². The van der Waals surface area contributed by atoms with Gasteiger partial charge >= 0.3 is 17.9 Å². The third-order valence-corrected chi connectivity index (χ3v) is 7.34. The predicted octanol–water partition coefficient (Wildman–Crippen LogP) is 4.96. The quantitative estimate of drug-likeness (QED) is 0.0783. The van der Waals surface area contributed by atoms with Crippen LogP contribution in [-0.4, -0.2) is 63.9 Å². The molecular weight excluding hydrogens is 662 g/mol. The van der Waals surface area contributed by atoms with E-state index in [4.69, 9.17) is 23.7 Å². The van der Waals surface area contributed by atoms with Gasteiger partial charge in [-0.25, -0.2) is 14.4 Å². The van der Waals surface area contributed by atoms with Gasteiger partial charge in [-0.1, -0.05) is 30.3 Å². The predicted molar refractivity (Wildman–Crippen MR) is 168 cm³/mol. The van der Waals surface area contributed by atoms with Gasteiger partial charge in [0.05, 0.1) is 38.1 Å². The third-order valence-electron chi connectivity index (χ3n) is 7.34. The minimum absolute atomic E-state index is 0.0361. The SMILES string of the molecule is O=C(OC[C@@H]1O[C@H](OC(=O)c2ccc([N+](=O)[O-])cc2)[C@H](OCc2ccccc2)[C@H]1OC(=O)c1ccc([N+](=O)[O-])cc1)c1ccc([N+](=O)[O-])cc1. The number of non-ortho nitro benzene ring substituents is 3. The Kier molecular flexibility index (Phi) is 10.8. The fraction of sp³-hybridized carbons (Fsp3) is 0.182. The molecule has 1 aliphatic rings. The number of hydrogen-bond acceptors (Lipinski definition) is 14. The summed E-state index contributed by atoms with van der Waals surface area (Å²) in [7, 11) is 0. The van der Waals surface area contributed by atoms with Crippen LogP contribution in [0.15, 0.2) is 103 Å². The molecule has 0 amide bonds. The van der Waals surface area contributed by atoms with Crippen molar-refractivity contribution in [3.8, 4) is 0 Å². The largest absolute Gasteiger partial charge is 0.459 e. The zero-order chi connectivity index (χ0) is 35.8. The number of nitro benzene ring substituents is 3. The highest BCUT2D eigenvalue weighted by molar-refractivity contribution is 5.91. The minimum atomic E-state index is -1.57. The summed E-state index contributed by atoms with van der Waals surface area (Å²) in [6.45, 7) is -0.661. The standard InChI is InChI=1S/C33H25N3O14/c37-30(21-6-12-24(13-7-21)34(40)41)47-19-27-28(49-31(38)22-8-14-25(15-9-22)35(42)43)29(46-18-20-4-2-1-3-5-20)33(48-27)50-32(39)23-10-16-26(17-11-23)36(44)45/h1-17,27-29,33H,18-19H2/t27-,28-,29+,33+/m0/s1. The smallest absolute Gasteiger partial charge is 0.340 e. The van der Waals surface area contributed by atoms with Crippen LogP contribution in [0.4, 0.5) is 17.1 Å². The number of benzene rings is 4. The van der Waals surface area contributed by atoms with Gasteiger partial charge in [-0.05, 0) is 42.0 Å². The molecule has 1 fully saturated rings. The Morgan fingerprint density at radius 1 is 0.580 bits per heavy atom. The summed E-state index contributed by atoms with van der Waals surface area (Å²) >= 11 is 0. The summed E-state index contributed by atoms with van der Waals surface area (Å²) in [6.07, 6.45) is -5.61. The van der Waals surface area contributed by atoms with Gasteiger partial charge in [-0.2, -0.15) is 0 Å². The fourth-order valence-electron chi connectivity index (χ4n) is 4.77. The lowest BCUT2D eigenvalue weighted by molar-refractivity contribution is -0.385. The van der Waals surface area contributed by atoms with E-state index in [2.05, 4.69) is 0 Å². The van der Waals surface area contributed by atoms with Crippen LogP contribution in [-0.2, 0) is 30.3 Å². The van der Waals surface area contributed by atoms with Crippen molar-refractivity contribution in [3.63, 3.8) is 0 Å². The van der Waals surface area contributed by atoms with Gasteiger partial charge < -0.3 is 23.7 Å². The highest BCUT2D eigenvalue weighted by Crippen LogP contribution is 2.31. The molecule has 0 N–H and O–H groups in total. The van der Waals surface area contributed by atoms with Gasteiger partial charge in [0.25, 0.3) is 17.1 Å². The van der Waals surface area contributed by atoms with Crippen LogP contribution < -0.4 is 0 Å². The summed E-state index contributed by atoms with van der Waals surface area (Å²) in [5, 5.41) is 33.2. The second kappa shape index (κ2) is 15.5. The average molecular weight is 688 g/mol. The molecule has 4 aromatic carbocycles. The minimum Gasteiger partial charge on any atom is -0.459 e. The first-order valence-electron chi connectivity index (χ1n) is 14.6. The maximum atomic E-state index is 13.3. The molecule has 4 aromatic rings. The van der Waals surface area contributed by atoms with E-state index >= 15 is 0 Å². The maximum Gasteiger partial charge on any atom is 0.340 e. The second-order valence-corrected chi connectivity index (χ2v) is 10.6. The molecule has 50 heavy (non-hydrogen) atoms. The lowest BCUT2D eigenvalue weighted by Gasteiger charge is -2.24. The van der Waals surface area contributed by atoms with Crippen LogP contribution in [0.3, 0.4) is 0 Å². The number of carbonyl (C=O) groups is 3. The molecule has 1 aliphatic heterocycles. The summed E-state index contributed by atoms with van der Waals surface area (Å²) in [6, 6.07) is 22.5. The normalized spacial score (nSPS) is 18.1. The fourth-order valence-corrected chi connectivity index (χ4v) is 4.77. The Labute approximate surface area is 281 Å². The van der Waals surface area contributed by atoms with Crippen LogP contribution in [0.5, 0.6) is 0 Å². The van der Waals surface area contributed by atoms with Crippen LogP contribution in [0.1, 0.15) is 36.6 Å². The number of ether oxygens (including phenoxy) is 5. The number of hydrogen-bond donors (Lipinski definition) is 0. The molecule has 1 heterocycles. The second-order valence-electron chi connectivity index (χ2n) is 10.6. The van der Waals surface area contributed by atoms with E-state index < -0.39 is 63.9 Å². The number of nitro groups is 3. The van der Waals surface area contributed by atoms with Crippen molar-refractivity contribution in [2.75, 3.05) is 6.61 Å². The molecule has 17 heteroatoms. The summed E-state index contributed by atoms with van der Waals surface area (Å²) in [5.41, 5.74) is -0.304. The number of esters is 3. The van der Waals surface area contributed by atoms with Gasteiger partial charge in [-0.3, -0.25) is 30.3 Å². The molecule has 1 saturated heterocycles. The summed E-state index contributed by atoms with van der Waals surface area (Å²) in [4.78, 5) is 70.5. The molecule has 0 unspecified atom stereocenters. The Morgan fingerprint density at radius 2 is 1.02 bits per heavy atom. The molecule has 256 valence electrons. The van der Waals surface area contributed by atoms with Gasteiger partial charge in [-0.15, -0.1) is 0 Å². The van der Waals surface area contributed by atoms with E-state index in [0.717, 1.165) is 36.4 Å². The van der Waals surface area contributed by atoms with Crippen molar-refractivity contribution in [2.45, 2.75) is 31.2 Å². The lowest BCUT2D eigenvalue weighted by atomic mass is 10.1. The van der Waals surface area contributed by atoms with Crippen molar-refractivity contribution in [1.29, 1.82) is 0 Å². The van der Waals surface area contributed by atoms with Gasteiger partial charge in [0.1, 0.15) is 12.7 Å². The number of rotatable bonds is 13. The highest BCUT2D eigenvalue weighted by atomic mass is 16.7. The molecule has 17 nitrogen and oxygen atoms in total. The number of nitrogens with zero attached hydrogens (tertiary/aromatic N) is 3. The molecule has 0 radical (unpaired) electrons. The topological polar surface area (TPSA) is 227 Å². The monoisotopic (exact) mass is 687 g/mol. The molecule has 0 aliphatic carbocycles. The maximum absolute atomic E-state index is 13.3. The zero-order valence-electron chi connectivity index (χ0n) is 25.6. The summed E-state index contributed by atoms with van der Waals surface area (Å²) in [5.74, 6) is -2.84. The van der Waals surface area contributed by atoms with Gasteiger partial charge in [0, 0.05) is 36.4 Å². The van der Waals surface area contributed by atoms with Crippen molar-refractivity contribution in [3.05, 3.63) is 156 Å². The van der Waals surface area contributed by atoms with E-state index in [9.17, 15) is 44.7 Å². The Hall–Kier alpha value is -6.59. The van der Waals surface area contributed by atoms with E-state index in [0.29, 0.717) is 5.56 Å². The molecular formula is C33H25N3O14. The van der Waals surface area contributed by atoms with E-state index in [1.807, 2.05) is 0 Å². The molecule has 0 bridgehead atoms. The highest BCUT2D eigenvalue weighted by Gasteiger charge is 2.51. The van der Waals surface area contributed by atoms with E-state index in [1.54, 1.807) is 30.3 Å². The van der Waals surface area contributed by atoms with Crippen LogP contribution in [0.2, 0.25) is 0 Å². The van der Waals surface area contributed by atoms with Crippen LogP contribution >= 0.6 is 0 Å². The average Bonchev–Trinajstić information content (AvgIpc) is 3.44. The first-order chi connectivity index (χ1) is 24.0. The zero-order valence-corrected chi connectivity index (χ0v) is 25.6. The third kappa shape index (κ3) is 8.46. The molecule has 0 aromatic heterocycles. The van der Waals surface area contributed by atoms with Crippen molar-refractivity contribution in [2.24, 2.45) is 0 Å². The summed E-state index contributed by atoms with van der Waals surface area (Å²) < 4.78 is 28.8. The Morgan fingerprint density at radius 3 is 1.48 bits per heavy atom. The van der Waals surface area contributed by atoms with E-state index in [1.165, 1.54) is 36.4 Å².